The van der Waals surface area contributed by atoms with Crippen LogP contribution < -0.4 is 10.6 Å². The largest absolute Gasteiger partial charge is 0.354 e. The Kier molecular flexibility index (Phi) is 6.48. The maximum absolute atomic E-state index is 12.8. The Morgan fingerprint density at radius 3 is 2.50 bits per heavy atom. The highest BCUT2D eigenvalue weighted by molar-refractivity contribution is 5.85. The number of carbonyl (C=O) groups is 2. The van der Waals surface area contributed by atoms with Crippen LogP contribution in [0.1, 0.15) is 12.8 Å². The van der Waals surface area contributed by atoms with E-state index >= 15 is 0 Å². The fourth-order valence-electron chi connectivity index (χ4n) is 1.54. The van der Waals surface area contributed by atoms with Crippen molar-refractivity contribution in [3.8, 4) is 0 Å². The zero-order chi connectivity index (χ0) is 13.1. The highest BCUT2D eigenvalue weighted by Gasteiger charge is 2.42. The number of amides is 2. The summed E-state index contributed by atoms with van der Waals surface area (Å²) in [6.45, 7) is -0.304. The van der Waals surface area contributed by atoms with Gasteiger partial charge in [-0.15, -0.1) is 12.4 Å². The summed E-state index contributed by atoms with van der Waals surface area (Å²) in [6, 6.07) is -0.862. The Labute approximate surface area is 111 Å². The molecular weight excluding hydrogens is 268 g/mol. The normalized spacial score (nSPS) is 21.0. The second-order valence-electron chi connectivity index (χ2n) is 4.32. The summed E-state index contributed by atoms with van der Waals surface area (Å²) < 4.78 is 25.6. The van der Waals surface area contributed by atoms with Crippen molar-refractivity contribution in [1.29, 1.82) is 0 Å². The molecule has 0 spiro atoms. The molecule has 18 heavy (non-hydrogen) atoms. The van der Waals surface area contributed by atoms with E-state index < -0.39 is 30.8 Å². The molecule has 1 fully saturated rings. The zero-order valence-electron chi connectivity index (χ0n) is 10.3. The molecule has 1 aliphatic heterocycles. The highest BCUT2D eigenvalue weighted by Crippen LogP contribution is 2.24. The molecule has 2 N–H and O–H groups in total. The van der Waals surface area contributed by atoms with Crippen molar-refractivity contribution in [2.75, 3.05) is 27.2 Å². The summed E-state index contributed by atoms with van der Waals surface area (Å²) in [7, 11) is 3.23. The van der Waals surface area contributed by atoms with Crippen molar-refractivity contribution in [2.45, 2.75) is 24.8 Å². The summed E-state index contributed by atoms with van der Waals surface area (Å²) in [5, 5.41) is 4.92. The van der Waals surface area contributed by atoms with Crippen LogP contribution in [0.5, 0.6) is 0 Å². The quantitative estimate of drug-likeness (QED) is 0.764. The Morgan fingerprint density at radius 2 is 2.06 bits per heavy atom. The van der Waals surface area contributed by atoms with Crippen molar-refractivity contribution < 1.29 is 18.4 Å². The van der Waals surface area contributed by atoms with E-state index in [4.69, 9.17) is 0 Å². The molecule has 0 aromatic carbocycles. The molecule has 0 bridgehead atoms. The Morgan fingerprint density at radius 1 is 1.44 bits per heavy atom. The monoisotopic (exact) mass is 285 g/mol. The van der Waals surface area contributed by atoms with E-state index in [9.17, 15) is 18.4 Å². The van der Waals surface area contributed by atoms with Crippen LogP contribution >= 0.6 is 12.4 Å². The third-order valence-corrected chi connectivity index (χ3v) is 2.56. The van der Waals surface area contributed by atoms with E-state index in [1.165, 1.54) is 4.90 Å². The summed E-state index contributed by atoms with van der Waals surface area (Å²) in [5.74, 6) is -3.41. The van der Waals surface area contributed by atoms with Gasteiger partial charge in [0, 0.05) is 33.5 Å². The fraction of sp³-hybridized carbons (Fsp3) is 0.800. The van der Waals surface area contributed by atoms with E-state index in [2.05, 4.69) is 10.6 Å². The van der Waals surface area contributed by atoms with Crippen molar-refractivity contribution in [1.82, 2.24) is 15.5 Å². The highest BCUT2D eigenvalue weighted by atomic mass is 35.5. The molecule has 5 nitrogen and oxygen atoms in total. The van der Waals surface area contributed by atoms with Gasteiger partial charge < -0.3 is 10.2 Å². The molecule has 0 aliphatic carbocycles. The van der Waals surface area contributed by atoms with Gasteiger partial charge >= 0.3 is 0 Å². The minimum Gasteiger partial charge on any atom is -0.354 e. The lowest BCUT2D eigenvalue weighted by Crippen LogP contribution is -2.41. The van der Waals surface area contributed by atoms with Gasteiger partial charge in [-0.1, -0.05) is 0 Å². The van der Waals surface area contributed by atoms with Crippen molar-refractivity contribution in [3.05, 3.63) is 0 Å². The fourth-order valence-corrected chi connectivity index (χ4v) is 1.54. The van der Waals surface area contributed by atoms with E-state index in [0.717, 1.165) is 0 Å². The smallest absolute Gasteiger partial charge is 0.262 e. The Bertz CT molecular complexity index is 313. The molecule has 8 heteroatoms. The van der Waals surface area contributed by atoms with E-state index in [0.29, 0.717) is 0 Å². The molecule has 1 heterocycles. The summed E-state index contributed by atoms with van der Waals surface area (Å²) in [5.41, 5.74) is 0. The molecule has 0 radical (unpaired) electrons. The average molecular weight is 286 g/mol. The first kappa shape index (κ1) is 17.1. The molecule has 1 rings (SSSR count). The first-order valence-corrected chi connectivity index (χ1v) is 5.41. The Balaban J connectivity index is 0.00000289. The number of rotatable bonds is 4. The van der Waals surface area contributed by atoms with Gasteiger partial charge in [0.2, 0.25) is 11.8 Å². The number of carbonyl (C=O) groups excluding carboxylic acids is 2. The van der Waals surface area contributed by atoms with Crippen LogP contribution in [0.4, 0.5) is 8.78 Å². The number of hydrogen-bond donors (Lipinski definition) is 2. The minimum absolute atomic E-state index is 0. The molecule has 0 aromatic rings. The molecule has 0 aromatic heterocycles. The lowest BCUT2D eigenvalue weighted by atomic mass is 10.2. The summed E-state index contributed by atoms with van der Waals surface area (Å²) >= 11 is 0. The van der Waals surface area contributed by atoms with Gasteiger partial charge in [-0.3, -0.25) is 14.9 Å². The van der Waals surface area contributed by atoms with Crippen LogP contribution in [-0.4, -0.2) is 55.9 Å². The SMILES string of the molecule is CN(C)C(=O)CCNC(=O)C1CC(F)(F)CN1.Cl. The number of nitrogens with zero attached hydrogens (tertiary/aromatic N) is 1. The molecule has 0 saturated carbocycles. The average Bonchev–Trinajstić information content (AvgIpc) is 2.58. The van der Waals surface area contributed by atoms with Crippen molar-refractivity contribution >= 4 is 24.2 Å². The topological polar surface area (TPSA) is 61.4 Å². The van der Waals surface area contributed by atoms with Gasteiger partial charge in [-0.2, -0.15) is 0 Å². The van der Waals surface area contributed by atoms with Crippen LogP contribution in [0.2, 0.25) is 0 Å². The van der Waals surface area contributed by atoms with Gasteiger partial charge in [0.15, 0.2) is 0 Å². The second-order valence-corrected chi connectivity index (χ2v) is 4.32. The number of alkyl halides is 2. The van der Waals surface area contributed by atoms with Crippen LogP contribution in [0.3, 0.4) is 0 Å². The third-order valence-electron chi connectivity index (χ3n) is 2.56. The number of hydrogen-bond acceptors (Lipinski definition) is 3. The minimum atomic E-state index is -2.82. The maximum Gasteiger partial charge on any atom is 0.262 e. The van der Waals surface area contributed by atoms with Gasteiger partial charge in [0.1, 0.15) is 0 Å². The standard InChI is InChI=1S/C10H17F2N3O2.ClH/c1-15(2)8(16)3-4-13-9(17)7-5-10(11,12)6-14-7;/h7,14H,3-6H2,1-2H3,(H,13,17);1H. The molecular formula is C10H18ClF2N3O2. The molecule has 1 unspecified atom stereocenters. The summed E-state index contributed by atoms with van der Waals surface area (Å²) in [4.78, 5) is 24.1. The van der Waals surface area contributed by atoms with Gasteiger partial charge in [-0.25, -0.2) is 8.78 Å². The van der Waals surface area contributed by atoms with E-state index in [1.54, 1.807) is 14.1 Å². The second kappa shape index (κ2) is 6.84. The van der Waals surface area contributed by atoms with Crippen molar-refractivity contribution in [3.63, 3.8) is 0 Å². The summed E-state index contributed by atoms with van der Waals surface area (Å²) in [6.07, 6.45) is -0.317. The van der Waals surface area contributed by atoms with Crippen LogP contribution in [0.15, 0.2) is 0 Å². The van der Waals surface area contributed by atoms with Crippen LogP contribution in [0, 0.1) is 0 Å². The van der Waals surface area contributed by atoms with Crippen LogP contribution in [-0.2, 0) is 9.59 Å². The first-order chi connectivity index (χ1) is 7.82. The molecule has 1 atom stereocenters. The number of halogens is 3. The van der Waals surface area contributed by atoms with E-state index in [1.807, 2.05) is 0 Å². The maximum atomic E-state index is 12.8. The predicted molar refractivity (Wildman–Crippen MR) is 64.9 cm³/mol. The Hall–Kier alpha value is -0.950. The van der Waals surface area contributed by atoms with E-state index in [-0.39, 0.29) is 31.3 Å². The molecule has 106 valence electrons. The lowest BCUT2D eigenvalue weighted by Gasteiger charge is -2.13. The number of nitrogens with one attached hydrogen (secondary N) is 2. The molecule has 2 amide bonds. The van der Waals surface area contributed by atoms with Crippen LogP contribution in [0.25, 0.3) is 0 Å². The van der Waals surface area contributed by atoms with Crippen molar-refractivity contribution in [2.24, 2.45) is 0 Å². The lowest BCUT2D eigenvalue weighted by molar-refractivity contribution is -0.128. The first-order valence-electron chi connectivity index (χ1n) is 5.41. The third kappa shape index (κ3) is 5.14. The predicted octanol–water partition coefficient (Wildman–Crippen LogP) is -0.0001000. The van der Waals surface area contributed by atoms with Gasteiger partial charge in [0.25, 0.3) is 5.92 Å². The van der Waals surface area contributed by atoms with Gasteiger partial charge in [-0.05, 0) is 0 Å². The molecule has 1 aliphatic rings. The van der Waals surface area contributed by atoms with Gasteiger partial charge in [0.05, 0.1) is 12.6 Å². The molecule has 1 saturated heterocycles. The zero-order valence-corrected chi connectivity index (χ0v) is 11.2.